The van der Waals surface area contributed by atoms with Crippen LogP contribution >= 0.6 is 0 Å². The van der Waals surface area contributed by atoms with Crippen molar-refractivity contribution >= 4 is 22.5 Å². The number of hydrogen-bond donors (Lipinski definition) is 1. The van der Waals surface area contributed by atoms with Gasteiger partial charge in [0.25, 0.3) is 5.91 Å². The third kappa shape index (κ3) is 3.96. The Morgan fingerprint density at radius 3 is 2.73 bits per heavy atom. The first kappa shape index (κ1) is 20.6. The van der Waals surface area contributed by atoms with E-state index in [9.17, 15) is 4.79 Å². The number of benzene rings is 2. The molecule has 7 nitrogen and oxygen atoms in total. The predicted octanol–water partition coefficient (Wildman–Crippen LogP) is 4.19. The number of amides is 1. The first-order valence-electron chi connectivity index (χ1n) is 11.8. The molecule has 2 saturated heterocycles. The van der Waals surface area contributed by atoms with Gasteiger partial charge < -0.3 is 10.2 Å². The molecule has 0 atom stereocenters. The topological polar surface area (TPSA) is 76.6 Å². The van der Waals surface area contributed by atoms with Crippen LogP contribution in [0.3, 0.4) is 0 Å². The highest BCUT2D eigenvalue weighted by Crippen LogP contribution is 2.37. The van der Waals surface area contributed by atoms with Gasteiger partial charge in [0.05, 0.1) is 12.8 Å². The molecule has 6 rings (SSSR count). The van der Waals surface area contributed by atoms with E-state index < -0.39 is 0 Å². The van der Waals surface area contributed by atoms with Gasteiger partial charge in [-0.2, -0.15) is 5.10 Å². The lowest BCUT2D eigenvalue weighted by Crippen LogP contribution is -2.44. The van der Waals surface area contributed by atoms with E-state index in [1.807, 2.05) is 24.4 Å². The SMILES string of the molecule is Cc1ccc(C(=O)NC2CC2)cc1-c1ccc2cnnc(N3CCC4(CCOO4)CC3)c2c1. The van der Waals surface area contributed by atoms with Gasteiger partial charge in [-0.1, -0.05) is 18.2 Å². The molecule has 0 unspecified atom stereocenters. The summed E-state index contributed by atoms with van der Waals surface area (Å²) in [6.45, 7) is 4.48. The van der Waals surface area contributed by atoms with Gasteiger partial charge in [0.15, 0.2) is 5.82 Å². The average Bonchev–Trinajstić information content (AvgIpc) is 3.55. The summed E-state index contributed by atoms with van der Waals surface area (Å²) < 4.78 is 0. The molecule has 3 aliphatic rings. The second-order valence-electron chi connectivity index (χ2n) is 9.57. The Labute approximate surface area is 193 Å². The van der Waals surface area contributed by atoms with E-state index in [2.05, 4.69) is 45.5 Å². The largest absolute Gasteiger partial charge is 0.354 e. The maximum Gasteiger partial charge on any atom is 0.251 e. The van der Waals surface area contributed by atoms with Crippen LogP contribution in [0.4, 0.5) is 5.82 Å². The van der Waals surface area contributed by atoms with E-state index in [-0.39, 0.29) is 11.5 Å². The number of aryl methyl sites for hydroxylation is 1. The first-order chi connectivity index (χ1) is 16.1. The van der Waals surface area contributed by atoms with Crippen molar-refractivity contribution in [3.05, 3.63) is 53.7 Å². The summed E-state index contributed by atoms with van der Waals surface area (Å²) >= 11 is 0. The normalized spacial score (nSPS) is 19.8. The maximum absolute atomic E-state index is 12.6. The van der Waals surface area contributed by atoms with E-state index in [1.54, 1.807) is 0 Å². The Morgan fingerprint density at radius 2 is 1.97 bits per heavy atom. The zero-order valence-electron chi connectivity index (χ0n) is 18.8. The zero-order chi connectivity index (χ0) is 22.4. The van der Waals surface area contributed by atoms with Crippen molar-refractivity contribution in [2.75, 3.05) is 24.6 Å². The van der Waals surface area contributed by atoms with E-state index in [4.69, 9.17) is 9.78 Å². The van der Waals surface area contributed by atoms with Crippen molar-refractivity contribution in [2.24, 2.45) is 0 Å². The molecule has 1 saturated carbocycles. The molecule has 1 amide bonds. The lowest BCUT2D eigenvalue weighted by Gasteiger charge is -2.37. The van der Waals surface area contributed by atoms with Crippen molar-refractivity contribution in [2.45, 2.75) is 50.7 Å². The number of fused-ring (bicyclic) bond motifs is 1. The van der Waals surface area contributed by atoms with Gasteiger partial charge in [0, 0.05) is 41.9 Å². The molecule has 3 aromatic rings. The van der Waals surface area contributed by atoms with Crippen LogP contribution in [0, 0.1) is 6.92 Å². The number of anilines is 1. The molecule has 170 valence electrons. The zero-order valence-corrected chi connectivity index (χ0v) is 18.8. The molecule has 3 fully saturated rings. The Bertz CT molecular complexity index is 1210. The minimum absolute atomic E-state index is 0.00597. The van der Waals surface area contributed by atoms with Crippen molar-refractivity contribution in [1.29, 1.82) is 0 Å². The molecule has 1 aromatic heterocycles. The van der Waals surface area contributed by atoms with Gasteiger partial charge in [-0.25, -0.2) is 9.78 Å². The predicted molar refractivity (Wildman–Crippen MR) is 126 cm³/mol. The second kappa shape index (κ2) is 8.08. The number of rotatable bonds is 4. The number of nitrogens with one attached hydrogen (secondary N) is 1. The molecule has 2 aliphatic heterocycles. The summed E-state index contributed by atoms with van der Waals surface area (Å²) in [7, 11) is 0. The molecule has 1 aliphatic carbocycles. The Balaban J connectivity index is 1.33. The summed E-state index contributed by atoms with van der Waals surface area (Å²) in [4.78, 5) is 25.7. The first-order valence-corrected chi connectivity index (χ1v) is 11.8. The standard InChI is InChI=1S/C26H28N4O3/c1-17-2-3-19(25(31)28-21-6-7-21)15-22(17)18-4-5-20-16-27-29-24(23(20)14-18)30-11-8-26(9-12-30)10-13-32-33-26/h2-5,14-16,21H,6-13H2,1H3,(H,28,31). The minimum atomic E-state index is -0.141. The minimum Gasteiger partial charge on any atom is -0.354 e. The Hall–Kier alpha value is -3.03. The van der Waals surface area contributed by atoms with Crippen LogP contribution in [-0.4, -0.2) is 47.4 Å². The van der Waals surface area contributed by atoms with Crippen LogP contribution in [0.2, 0.25) is 0 Å². The lowest BCUT2D eigenvalue weighted by atomic mass is 9.89. The summed E-state index contributed by atoms with van der Waals surface area (Å²) in [5.41, 5.74) is 3.85. The molecular formula is C26H28N4O3. The Morgan fingerprint density at radius 1 is 1.12 bits per heavy atom. The quantitative estimate of drug-likeness (QED) is 0.608. The van der Waals surface area contributed by atoms with Crippen molar-refractivity contribution < 1.29 is 14.6 Å². The monoisotopic (exact) mass is 444 g/mol. The van der Waals surface area contributed by atoms with Crippen LogP contribution in [-0.2, 0) is 9.78 Å². The molecule has 0 bridgehead atoms. The summed E-state index contributed by atoms with van der Waals surface area (Å²) in [5, 5.41) is 14.0. The van der Waals surface area contributed by atoms with Crippen LogP contribution in [0.5, 0.6) is 0 Å². The van der Waals surface area contributed by atoms with Crippen LogP contribution < -0.4 is 10.2 Å². The van der Waals surface area contributed by atoms with Gasteiger partial charge in [-0.3, -0.25) is 4.79 Å². The molecule has 1 N–H and O–H groups in total. The summed E-state index contributed by atoms with van der Waals surface area (Å²) in [5.74, 6) is 0.912. The number of aromatic nitrogens is 2. The second-order valence-corrected chi connectivity index (χ2v) is 9.57. The van der Waals surface area contributed by atoms with Gasteiger partial charge in [-0.15, -0.1) is 5.10 Å². The van der Waals surface area contributed by atoms with Crippen molar-refractivity contribution in [3.63, 3.8) is 0 Å². The lowest BCUT2D eigenvalue weighted by molar-refractivity contribution is -0.312. The highest BCUT2D eigenvalue weighted by atomic mass is 17.2. The average molecular weight is 445 g/mol. The fourth-order valence-corrected chi connectivity index (χ4v) is 4.93. The van der Waals surface area contributed by atoms with Gasteiger partial charge in [-0.05, 0) is 67.5 Å². The molecule has 33 heavy (non-hydrogen) atoms. The molecular weight excluding hydrogens is 416 g/mol. The smallest absolute Gasteiger partial charge is 0.251 e. The molecule has 2 aromatic carbocycles. The van der Waals surface area contributed by atoms with E-state index in [1.165, 1.54) is 0 Å². The molecule has 7 heteroatoms. The van der Waals surface area contributed by atoms with E-state index in [0.717, 1.165) is 78.5 Å². The van der Waals surface area contributed by atoms with E-state index in [0.29, 0.717) is 18.2 Å². The van der Waals surface area contributed by atoms with Crippen LogP contribution in [0.25, 0.3) is 21.9 Å². The number of carbonyl (C=O) groups excluding carboxylic acids is 1. The van der Waals surface area contributed by atoms with Crippen LogP contribution in [0.15, 0.2) is 42.6 Å². The highest BCUT2D eigenvalue weighted by Gasteiger charge is 2.40. The molecule has 1 spiro atoms. The number of piperidine rings is 1. The molecule has 3 heterocycles. The van der Waals surface area contributed by atoms with Crippen LogP contribution in [0.1, 0.15) is 48.0 Å². The molecule has 0 radical (unpaired) electrons. The van der Waals surface area contributed by atoms with E-state index >= 15 is 0 Å². The number of hydrogen-bond acceptors (Lipinski definition) is 6. The van der Waals surface area contributed by atoms with Crippen molar-refractivity contribution in [3.8, 4) is 11.1 Å². The van der Waals surface area contributed by atoms with Gasteiger partial charge in [0.1, 0.15) is 5.60 Å². The highest BCUT2D eigenvalue weighted by molar-refractivity contribution is 5.98. The van der Waals surface area contributed by atoms with Gasteiger partial charge >= 0.3 is 0 Å². The Kier molecular flexibility index (Phi) is 5.03. The fraction of sp³-hybridized carbons (Fsp3) is 0.423. The van der Waals surface area contributed by atoms with Crippen molar-refractivity contribution in [1.82, 2.24) is 15.5 Å². The number of carbonyl (C=O) groups is 1. The fourth-order valence-electron chi connectivity index (χ4n) is 4.93. The van der Waals surface area contributed by atoms with Gasteiger partial charge in [0.2, 0.25) is 0 Å². The third-order valence-corrected chi connectivity index (χ3v) is 7.22. The maximum atomic E-state index is 12.6. The summed E-state index contributed by atoms with van der Waals surface area (Å²) in [6, 6.07) is 12.7. The summed E-state index contributed by atoms with van der Waals surface area (Å²) in [6.07, 6.45) is 6.76. The third-order valence-electron chi connectivity index (χ3n) is 7.22. The number of nitrogens with zero attached hydrogens (tertiary/aromatic N) is 3.